The van der Waals surface area contributed by atoms with Crippen molar-refractivity contribution in [2.75, 3.05) is 5.73 Å². The Kier molecular flexibility index (Phi) is 3.65. The molecular weight excluding hydrogens is 246 g/mol. The van der Waals surface area contributed by atoms with Crippen molar-refractivity contribution in [2.45, 2.75) is 19.9 Å². The van der Waals surface area contributed by atoms with Crippen molar-refractivity contribution in [1.82, 2.24) is 14.8 Å². The Morgan fingerprint density at radius 3 is 2.95 bits per heavy atom. The van der Waals surface area contributed by atoms with Crippen molar-refractivity contribution in [3.8, 4) is 11.6 Å². The van der Waals surface area contributed by atoms with Gasteiger partial charge in [0.15, 0.2) is 5.75 Å². The van der Waals surface area contributed by atoms with Gasteiger partial charge in [-0.1, -0.05) is 6.92 Å². The molecule has 0 aromatic carbocycles. The van der Waals surface area contributed by atoms with Gasteiger partial charge in [-0.2, -0.15) is 5.10 Å². The van der Waals surface area contributed by atoms with E-state index in [1.807, 2.05) is 0 Å². The number of ether oxygens (including phenoxy) is 1. The Morgan fingerprint density at radius 1 is 1.47 bits per heavy atom. The summed E-state index contributed by atoms with van der Waals surface area (Å²) in [5, 5.41) is 4.12. The van der Waals surface area contributed by atoms with Crippen molar-refractivity contribution in [1.29, 1.82) is 0 Å². The first-order chi connectivity index (χ1) is 9.10. The molecule has 2 rings (SSSR count). The molecule has 7 nitrogen and oxygen atoms in total. The molecule has 4 N–H and O–H groups in total. The van der Waals surface area contributed by atoms with Gasteiger partial charge in [-0.3, -0.25) is 9.48 Å². The summed E-state index contributed by atoms with van der Waals surface area (Å²) in [5.74, 6) is 0.0214. The normalized spacial score (nSPS) is 10.4. The first-order valence-corrected chi connectivity index (χ1v) is 5.86. The molecule has 100 valence electrons. The van der Waals surface area contributed by atoms with Gasteiger partial charge in [-0.25, -0.2) is 4.98 Å². The van der Waals surface area contributed by atoms with Crippen LogP contribution >= 0.6 is 0 Å². The van der Waals surface area contributed by atoms with Crippen LogP contribution in [0.4, 0.5) is 5.69 Å². The third-order valence-electron chi connectivity index (χ3n) is 2.42. The summed E-state index contributed by atoms with van der Waals surface area (Å²) >= 11 is 0. The SMILES string of the molecule is CCCn1cc(Oc2nc(C(N)=O)ccc2N)cn1. The second kappa shape index (κ2) is 5.38. The molecule has 0 radical (unpaired) electrons. The molecule has 2 aromatic heterocycles. The highest BCUT2D eigenvalue weighted by Crippen LogP contribution is 2.24. The Balaban J connectivity index is 2.21. The zero-order valence-corrected chi connectivity index (χ0v) is 10.5. The molecule has 0 bridgehead atoms. The number of amides is 1. The molecule has 0 atom stereocenters. The van der Waals surface area contributed by atoms with Crippen LogP contribution in [-0.4, -0.2) is 20.7 Å². The Morgan fingerprint density at radius 2 is 2.26 bits per heavy atom. The number of aryl methyl sites for hydroxylation is 1. The maximum Gasteiger partial charge on any atom is 0.267 e. The van der Waals surface area contributed by atoms with E-state index in [0.717, 1.165) is 13.0 Å². The second-order valence-electron chi connectivity index (χ2n) is 4.00. The van der Waals surface area contributed by atoms with Gasteiger partial charge in [0.25, 0.3) is 5.91 Å². The van der Waals surface area contributed by atoms with E-state index >= 15 is 0 Å². The molecule has 0 saturated heterocycles. The summed E-state index contributed by atoms with van der Waals surface area (Å²) < 4.78 is 7.25. The highest BCUT2D eigenvalue weighted by molar-refractivity contribution is 5.91. The number of nitrogens with two attached hydrogens (primary N) is 2. The van der Waals surface area contributed by atoms with E-state index < -0.39 is 5.91 Å². The fourth-order valence-electron chi connectivity index (χ4n) is 1.53. The van der Waals surface area contributed by atoms with Gasteiger partial charge < -0.3 is 16.2 Å². The average Bonchev–Trinajstić information content (AvgIpc) is 2.80. The lowest BCUT2D eigenvalue weighted by atomic mass is 10.3. The molecule has 7 heteroatoms. The zero-order valence-electron chi connectivity index (χ0n) is 10.5. The van der Waals surface area contributed by atoms with Crippen LogP contribution in [0, 0.1) is 0 Å². The number of nitrogens with zero attached hydrogens (tertiary/aromatic N) is 3. The van der Waals surface area contributed by atoms with Gasteiger partial charge in [0.05, 0.1) is 18.1 Å². The summed E-state index contributed by atoms with van der Waals surface area (Å²) in [4.78, 5) is 15.0. The van der Waals surface area contributed by atoms with E-state index in [1.54, 1.807) is 17.1 Å². The van der Waals surface area contributed by atoms with Crippen molar-refractivity contribution < 1.29 is 9.53 Å². The van der Waals surface area contributed by atoms with Crippen LogP contribution in [0.3, 0.4) is 0 Å². The maximum atomic E-state index is 11.1. The van der Waals surface area contributed by atoms with E-state index in [0.29, 0.717) is 11.4 Å². The third-order valence-corrected chi connectivity index (χ3v) is 2.42. The van der Waals surface area contributed by atoms with Crippen LogP contribution in [0.1, 0.15) is 23.8 Å². The van der Waals surface area contributed by atoms with Crippen LogP contribution in [0.2, 0.25) is 0 Å². The molecule has 0 spiro atoms. The number of aromatic nitrogens is 3. The van der Waals surface area contributed by atoms with E-state index in [4.69, 9.17) is 16.2 Å². The Bertz CT molecular complexity index is 594. The maximum absolute atomic E-state index is 11.1. The molecule has 2 aromatic rings. The van der Waals surface area contributed by atoms with Gasteiger partial charge in [-0.15, -0.1) is 0 Å². The van der Waals surface area contributed by atoms with Crippen molar-refractivity contribution in [3.05, 3.63) is 30.2 Å². The number of anilines is 1. The smallest absolute Gasteiger partial charge is 0.267 e. The van der Waals surface area contributed by atoms with Crippen LogP contribution in [-0.2, 0) is 6.54 Å². The lowest BCUT2D eigenvalue weighted by Crippen LogP contribution is -2.13. The minimum atomic E-state index is -0.633. The highest BCUT2D eigenvalue weighted by Gasteiger charge is 2.10. The zero-order chi connectivity index (χ0) is 13.8. The van der Waals surface area contributed by atoms with Gasteiger partial charge >= 0.3 is 0 Å². The number of pyridine rings is 1. The molecule has 0 saturated carbocycles. The summed E-state index contributed by atoms with van der Waals surface area (Å²) in [6, 6.07) is 2.98. The van der Waals surface area contributed by atoms with Crippen molar-refractivity contribution in [3.63, 3.8) is 0 Å². The Hall–Kier alpha value is -2.57. The van der Waals surface area contributed by atoms with Gasteiger partial charge in [-0.05, 0) is 18.6 Å². The molecule has 1 amide bonds. The lowest BCUT2D eigenvalue weighted by molar-refractivity contribution is 0.0995. The molecular formula is C12H15N5O2. The number of rotatable bonds is 5. The van der Waals surface area contributed by atoms with Crippen LogP contribution in [0.25, 0.3) is 0 Å². The fraction of sp³-hybridized carbons (Fsp3) is 0.250. The standard InChI is InChI=1S/C12H15N5O2/c1-2-5-17-7-8(6-15-17)19-12-9(13)3-4-10(16-12)11(14)18/h3-4,6-7H,2,5,13H2,1H3,(H2,14,18). The fourth-order valence-corrected chi connectivity index (χ4v) is 1.53. The first-order valence-electron chi connectivity index (χ1n) is 5.86. The molecule has 2 heterocycles. The molecule has 0 aliphatic rings. The summed E-state index contributed by atoms with van der Waals surface area (Å²) in [5.41, 5.74) is 11.3. The predicted molar refractivity (Wildman–Crippen MR) is 69.8 cm³/mol. The predicted octanol–water partition coefficient (Wildman–Crippen LogP) is 1.16. The summed E-state index contributed by atoms with van der Waals surface area (Å²) in [6.07, 6.45) is 4.27. The molecule has 0 aliphatic heterocycles. The quantitative estimate of drug-likeness (QED) is 0.839. The molecule has 0 fully saturated rings. The number of hydrogen-bond acceptors (Lipinski definition) is 5. The lowest BCUT2D eigenvalue weighted by Gasteiger charge is -2.06. The van der Waals surface area contributed by atoms with Crippen LogP contribution in [0.15, 0.2) is 24.5 Å². The summed E-state index contributed by atoms with van der Waals surface area (Å²) in [7, 11) is 0. The van der Waals surface area contributed by atoms with Crippen molar-refractivity contribution >= 4 is 11.6 Å². The monoisotopic (exact) mass is 261 g/mol. The minimum absolute atomic E-state index is 0.102. The number of hydrogen-bond donors (Lipinski definition) is 2. The third kappa shape index (κ3) is 3.01. The number of carbonyl (C=O) groups is 1. The van der Waals surface area contributed by atoms with E-state index in [2.05, 4.69) is 17.0 Å². The number of primary amides is 1. The first kappa shape index (κ1) is 12.9. The van der Waals surface area contributed by atoms with E-state index in [-0.39, 0.29) is 11.6 Å². The average molecular weight is 261 g/mol. The van der Waals surface area contributed by atoms with E-state index in [1.165, 1.54) is 12.1 Å². The molecule has 19 heavy (non-hydrogen) atoms. The van der Waals surface area contributed by atoms with Crippen LogP contribution < -0.4 is 16.2 Å². The topological polar surface area (TPSA) is 109 Å². The number of nitrogen functional groups attached to an aromatic ring is 1. The highest BCUT2D eigenvalue weighted by atomic mass is 16.5. The largest absolute Gasteiger partial charge is 0.434 e. The Labute approximate surface area is 110 Å². The van der Waals surface area contributed by atoms with Gasteiger partial charge in [0.1, 0.15) is 5.69 Å². The van der Waals surface area contributed by atoms with Crippen molar-refractivity contribution in [2.24, 2.45) is 5.73 Å². The van der Waals surface area contributed by atoms with Gasteiger partial charge in [0, 0.05) is 6.54 Å². The molecule has 0 unspecified atom stereocenters. The number of carbonyl (C=O) groups excluding carboxylic acids is 1. The summed E-state index contributed by atoms with van der Waals surface area (Å²) in [6.45, 7) is 2.85. The second-order valence-corrected chi connectivity index (χ2v) is 4.00. The van der Waals surface area contributed by atoms with Gasteiger partial charge in [0.2, 0.25) is 5.88 Å². The molecule has 0 aliphatic carbocycles. The van der Waals surface area contributed by atoms with Crippen LogP contribution in [0.5, 0.6) is 11.6 Å². The minimum Gasteiger partial charge on any atom is -0.434 e. The van der Waals surface area contributed by atoms with E-state index in [9.17, 15) is 4.79 Å².